The van der Waals surface area contributed by atoms with E-state index < -0.39 is 10.0 Å². The van der Waals surface area contributed by atoms with Crippen molar-refractivity contribution in [2.75, 3.05) is 24.7 Å². The second-order valence-corrected chi connectivity index (χ2v) is 8.65. The Kier molecular flexibility index (Phi) is 3.55. The minimum absolute atomic E-state index is 0.203. The number of morpholine rings is 1. The highest BCUT2D eigenvalue weighted by Crippen LogP contribution is 2.35. The second kappa shape index (κ2) is 5.36. The van der Waals surface area contributed by atoms with E-state index in [1.54, 1.807) is 12.3 Å². The molecule has 2 aromatic rings. The van der Waals surface area contributed by atoms with E-state index in [4.69, 9.17) is 16.3 Å². The first-order valence-electron chi connectivity index (χ1n) is 7.75. The SMILES string of the molecule is C[C@@H]1COCCN1c1cc(Cl)nc2c1ccn2S(=O)(=O)C1CC1. The topological polar surface area (TPSA) is 64.4 Å². The van der Waals surface area contributed by atoms with Crippen molar-refractivity contribution < 1.29 is 13.2 Å². The molecule has 1 saturated carbocycles. The van der Waals surface area contributed by atoms with Gasteiger partial charge < -0.3 is 9.64 Å². The molecule has 2 aromatic heterocycles. The van der Waals surface area contributed by atoms with Crippen LogP contribution in [-0.4, -0.2) is 48.4 Å². The summed E-state index contributed by atoms with van der Waals surface area (Å²) in [6, 6.07) is 3.82. The first-order valence-corrected chi connectivity index (χ1v) is 9.63. The van der Waals surface area contributed by atoms with Crippen molar-refractivity contribution in [3.8, 4) is 0 Å². The molecule has 1 atom stereocenters. The van der Waals surface area contributed by atoms with Gasteiger partial charge in [0.15, 0.2) is 5.65 Å². The van der Waals surface area contributed by atoms with Gasteiger partial charge in [0.2, 0.25) is 10.0 Å². The molecule has 1 aliphatic carbocycles. The smallest absolute Gasteiger partial charge is 0.243 e. The third kappa shape index (κ3) is 2.51. The van der Waals surface area contributed by atoms with Gasteiger partial charge in [-0.1, -0.05) is 11.6 Å². The minimum atomic E-state index is -3.37. The molecule has 2 aliphatic rings. The van der Waals surface area contributed by atoms with E-state index in [0.717, 1.165) is 30.5 Å². The fraction of sp³-hybridized carbons (Fsp3) is 0.533. The van der Waals surface area contributed by atoms with Crippen LogP contribution < -0.4 is 4.90 Å². The lowest BCUT2D eigenvalue weighted by Crippen LogP contribution is -2.43. The summed E-state index contributed by atoms with van der Waals surface area (Å²) in [4.78, 5) is 6.49. The van der Waals surface area contributed by atoms with Crippen LogP contribution in [0.4, 0.5) is 5.69 Å². The van der Waals surface area contributed by atoms with Gasteiger partial charge in [0.1, 0.15) is 5.15 Å². The predicted octanol–water partition coefficient (Wildman–Crippen LogP) is 2.26. The van der Waals surface area contributed by atoms with Crippen molar-refractivity contribution in [3.63, 3.8) is 0 Å². The van der Waals surface area contributed by atoms with Gasteiger partial charge in [-0.2, -0.15) is 0 Å². The van der Waals surface area contributed by atoms with Crippen molar-refractivity contribution in [1.29, 1.82) is 0 Å². The Morgan fingerprint density at radius 2 is 2.17 bits per heavy atom. The molecule has 0 aromatic carbocycles. The Morgan fingerprint density at radius 1 is 1.39 bits per heavy atom. The van der Waals surface area contributed by atoms with Gasteiger partial charge in [-0.3, -0.25) is 0 Å². The third-order valence-corrected chi connectivity index (χ3v) is 6.82. The highest BCUT2D eigenvalue weighted by molar-refractivity contribution is 7.91. The highest BCUT2D eigenvalue weighted by atomic mass is 35.5. The Labute approximate surface area is 140 Å². The zero-order valence-corrected chi connectivity index (χ0v) is 14.3. The maximum atomic E-state index is 12.6. The highest BCUT2D eigenvalue weighted by Gasteiger charge is 2.38. The summed E-state index contributed by atoms with van der Waals surface area (Å²) < 4.78 is 31.9. The van der Waals surface area contributed by atoms with Gasteiger partial charge in [-0.15, -0.1) is 0 Å². The fourth-order valence-corrected chi connectivity index (χ4v) is 4.94. The molecule has 23 heavy (non-hydrogen) atoms. The van der Waals surface area contributed by atoms with Crippen LogP contribution in [-0.2, 0) is 14.8 Å². The van der Waals surface area contributed by atoms with E-state index in [1.807, 2.05) is 6.07 Å². The lowest BCUT2D eigenvalue weighted by Gasteiger charge is -2.35. The zero-order valence-electron chi connectivity index (χ0n) is 12.8. The van der Waals surface area contributed by atoms with E-state index in [0.29, 0.717) is 24.0 Å². The number of halogens is 1. The van der Waals surface area contributed by atoms with Gasteiger partial charge in [-0.25, -0.2) is 17.4 Å². The summed E-state index contributed by atoms with van der Waals surface area (Å²) in [7, 11) is -3.37. The second-order valence-electron chi connectivity index (χ2n) is 6.17. The van der Waals surface area contributed by atoms with E-state index in [2.05, 4.69) is 16.8 Å². The number of fused-ring (bicyclic) bond motifs is 1. The maximum absolute atomic E-state index is 12.6. The van der Waals surface area contributed by atoms with E-state index in [-0.39, 0.29) is 11.3 Å². The largest absolute Gasteiger partial charge is 0.377 e. The number of pyridine rings is 1. The predicted molar refractivity (Wildman–Crippen MR) is 89.7 cm³/mol. The summed E-state index contributed by atoms with van der Waals surface area (Å²) >= 11 is 6.19. The van der Waals surface area contributed by atoms with E-state index in [9.17, 15) is 8.42 Å². The van der Waals surface area contributed by atoms with Gasteiger partial charge >= 0.3 is 0 Å². The zero-order chi connectivity index (χ0) is 16.2. The van der Waals surface area contributed by atoms with Crippen LogP contribution in [0.5, 0.6) is 0 Å². The molecular weight excluding hydrogens is 338 g/mol. The van der Waals surface area contributed by atoms with Gasteiger partial charge in [0, 0.05) is 24.2 Å². The van der Waals surface area contributed by atoms with Crippen LogP contribution in [0.3, 0.4) is 0 Å². The standard InChI is InChI=1S/C15H18ClN3O3S/c1-10-9-22-7-6-18(10)13-8-14(16)17-15-12(13)4-5-19(15)23(20,21)11-2-3-11/h4-5,8,10-11H,2-3,6-7,9H2,1H3/t10-/m1/s1. The molecule has 4 rings (SSSR count). The lowest BCUT2D eigenvalue weighted by atomic mass is 10.2. The van der Waals surface area contributed by atoms with E-state index in [1.165, 1.54) is 3.97 Å². The lowest BCUT2D eigenvalue weighted by molar-refractivity contribution is 0.0991. The van der Waals surface area contributed by atoms with Crippen molar-refractivity contribution in [3.05, 3.63) is 23.5 Å². The average Bonchev–Trinajstić information content (AvgIpc) is 3.28. The molecule has 0 unspecified atom stereocenters. The van der Waals surface area contributed by atoms with Gasteiger partial charge in [-0.05, 0) is 31.9 Å². The maximum Gasteiger partial charge on any atom is 0.243 e. The van der Waals surface area contributed by atoms with Crippen LogP contribution in [0.1, 0.15) is 19.8 Å². The summed E-state index contributed by atoms with van der Waals surface area (Å²) in [6.45, 7) is 4.11. The quantitative estimate of drug-likeness (QED) is 0.790. The number of hydrogen-bond donors (Lipinski definition) is 0. The summed E-state index contributed by atoms with van der Waals surface area (Å²) in [5.74, 6) is 0. The monoisotopic (exact) mass is 355 g/mol. The van der Waals surface area contributed by atoms with Crippen molar-refractivity contribution in [1.82, 2.24) is 8.96 Å². The molecule has 0 radical (unpaired) electrons. The molecule has 0 bridgehead atoms. The van der Waals surface area contributed by atoms with Gasteiger partial charge in [0.25, 0.3) is 0 Å². The van der Waals surface area contributed by atoms with Crippen molar-refractivity contribution in [2.45, 2.75) is 31.1 Å². The molecule has 6 nitrogen and oxygen atoms in total. The van der Waals surface area contributed by atoms with Crippen LogP contribution in [0.25, 0.3) is 11.0 Å². The van der Waals surface area contributed by atoms with E-state index >= 15 is 0 Å². The number of nitrogens with zero attached hydrogens (tertiary/aromatic N) is 3. The molecule has 8 heteroatoms. The fourth-order valence-electron chi connectivity index (χ4n) is 3.09. The minimum Gasteiger partial charge on any atom is -0.377 e. The molecule has 3 heterocycles. The number of hydrogen-bond acceptors (Lipinski definition) is 5. The number of anilines is 1. The third-order valence-electron chi connectivity index (χ3n) is 4.47. The van der Waals surface area contributed by atoms with Crippen molar-refractivity contribution >= 4 is 38.3 Å². The first-order chi connectivity index (χ1) is 11.0. The molecule has 124 valence electrons. The summed E-state index contributed by atoms with van der Waals surface area (Å²) in [5.41, 5.74) is 1.33. The van der Waals surface area contributed by atoms with Crippen LogP contribution in [0.15, 0.2) is 18.3 Å². The average molecular weight is 356 g/mol. The first kappa shape index (κ1) is 15.2. The summed E-state index contributed by atoms with van der Waals surface area (Å²) in [5, 5.41) is 0.828. The molecule has 0 spiro atoms. The Hall–Kier alpha value is -1.31. The Morgan fingerprint density at radius 3 is 2.87 bits per heavy atom. The Balaban J connectivity index is 1.88. The van der Waals surface area contributed by atoms with Crippen LogP contribution in [0.2, 0.25) is 5.15 Å². The van der Waals surface area contributed by atoms with Crippen LogP contribution >= 0.6 is 11.6 Å². The van der Waals surface area contributed by atoms with Gasteiger partial charge in [0.05, 0.1) is 24.2 Å². The van der Waals surface area contributed by atoms with Crippen LogP contribution in [0, 0.1) is 0 Å². The molecular formula is C15H18ClN3O3S. The normalized spacial score (nSPS) is 22.7. The molecule has 0 amide bonds. The van der Waals surface area contributed by atoms with Crippen molar-refractivity contribution in [2.24, 2.45) is 0 Å². The molecule has 1 aliphatic heterocycles. The number of ether oxygens (including phenoxy) is 1. The summed E-state index contributed by atoms with van der Waals surface area (Å²) in [6.07, 6.45) is 3.03. The molecule has 2 fully saturated rings. The number of aromatic nitrogens is 2. The molecule has 1 saturated heterocycles. The Bertz CT molecular complexity index is 860. The number of rotatable bonds is 3. The molecule has 0 N–H and O–H groups in total.